The van der Waals surface area contributed by atoms with Crippen molar-refractivity contribution in [3.05, 3.63) is 0 Å². The van der Waals surface area contributed by atoms with Crippen LogP contribution in [-0.4, -0.2) is 99.6 Å². The Bertz CT molecular complexity index is 546. The Morgan fingerprint density at radius 3 is 1.83 bits per heavy atom. The summed E-state index contributed by atoms with van der Waals surface area (Å²) in [5.41, 5.74) is 0.476. The highest BCUT2D eigenvalue weighted by Crippen LogP contribution is 2.34. The van der Waals surface area contributed by atoms with E-state index >= 15 is 0 Å². The molecule has 1 saturated carbocycles. The summed E-state index contributed by atoms with van der Waals surface area (Å²) >= 11 is 0. The smallest absolute Gasteiger partial charge is 0.191 e. The van der Waals surface area contributed by atoms with Crippen LogP contribution in [0.5, 0.6) is 0 Å². The molecular formula is C23H43N5O2. The van der Waals surface area contributed by atoms with Crippen molar-refractivity contribution in [3.63, 3.8) is 0 Å². The second kappa shape index (κ2) is 10.6. The van der Waals surface area contributed by atoms with Crippen LogP contribution >= 0.6 is 0 Å². The van der Waals surface area contributed by atoms with Crippen LogP contribution < -0.4 is 10.6 Å². The summed E-state index contributed by atoms with van der Waals surface area (Å²) in [5.74, 6) is 0.957. The predicted octanol–water partition coefficient (Wildman–Crippen LogP) is 1.83. The number of ether oxygens (including phenoxy) is 2. The third kappa shape index (κ3) is 5.12. The summed E-state index contributed by atoms with van der Waals surface area (Å²) in [7, 11) is 1.91. The normalized spacial score (nSPS) is 28.4. The molecule has 4 rings (SSSR count). The molecule has 0 aromatic rings. The largest absolute Gasteiger partial charge is 0.381 e. The molecule has 0 bridgehead atoms. The van der Waals surface area contributed by atoms with Crippen LogP contribution in [0.1, 0.15) is 57.8 Å². The molecule has 4 aliphatic rings. The average Bonchev–Trinajstić information content (AvgIpc) is 3.37. The van der Waals surface area contributed by atoms with Gasteiger partial charge in [0.25, 0.3) is 0 Å². The SMILES string of the molecule is CN=C(NCC1(N2CCOCC2)CCCCC1)NCC1(N2CCCC2)CCOCC1. The van der Waals surface area contributed by atoms with Gasteiger partial charge in [-0.1, -0.05) is 19.3 Å². The molecule has 0 spiro atoms. The molecular weight excluding hydrogens is 378 g/mol. The minimum atomic E-state index is 0.221. The van der Waals surface area contributed by atoms with Gasteiger partial charge in [-0.3, -0.25) is 14.8 Å². The molecule has 3 saturated heterocycles. The third-order valence-electron chi connectivity index (χ3n) is 8.06. The molecule has 0 unspecified atom stereocenters. The number of guanidine groups is 1. The molecule has 3 heterocycles. The molecule has 172 valence electrons. The lowest BCUT2D eigenvalue weighted by Crippen LogP contribution is -2.62. The van der Waals surface area contributed by atoms with Crippen molar-refractivity contribution in [1.82, 2.24) is 20.4 Å². The standard InChI is InChI=1S/C23H43N5O2/c1-24-21(26-20-23(9-15-29-16-10-23)27-11-5-6-12-27)25-19-22(7-3-2-4-8-22)28-13-17-30-18-14-28/h2-20H2,1H3,(H2,24,25,26). The zero-order valence-corrected chi connectivity index (χ0v) is 19.1. The first-order valence-corrected chi connectivity index (χ1v) is 12.4. The molecule has 4 fully saturated rings. The number of rotatable bonds is 6. The fourth-order valence-corrected chi connectivity index (χ4v) is 6.12. The summed E-state index contributed by atoms with van der Waals surface area (Å²) in [6.45, 7) is 10.0. The van der Waals surface area contributed by atoms with E-state index in [1.807, 2.05) is 7.05 Å². The van der Waals surface area contributed by atoms with Gasteiger partial charge in [-0.05, 0) is 51.6 Å². The quantitative estimate of drug-likeness (QED) is 0.504. The van der Waals surface area contributed by atoms with Gasteiger partial charge in [0.2, 0.25) is 0 Å². The van der Waals surface area contributed by atoms with Gasteiger partial charge in [-0.2, -0.15) is 0 Å². The molecule has 30 heavy (non-hydrogen) atoms. The molecule has 3 aliphatic heterocycles. The maximum absolute atomic E-state index is 5.71. The number of morpholine rings is 1. The first-order valence-electron chi connectivity index (χ1n) is 12.4. The number of nitrogens with zero attached hydrogens (tertiary/aromatic N) is 3. The molecule has 0 atom stereocenters. The minimum absolute atomic E-state index is 0.221. The Morgan fingerprint density at radius 1 is 0.700 bits per heavy atom. The van der Waals surface area contributed by atoms with Crippen LogP contribution in [0.25, 0.3) is 0 Å². The lowest BCUT2D eigenvalue weighted by molar-refractivity contribution is -0.0353. The maximum atomic E-state index is 5.71. The van der Waals surface area contributed by atoms with E-state index in [0.29, 0.717) is 0 Å². The first kappa shape index (κ1) is 22.3. The van der Waals surface area contributed by atoms with Crippen LogP contribution in [0.4, 0.5) is 0 Å². The van der Waals surface area contributed by atoms with Gasteiger partial charge in [0.15, 0.2) is 5.96 Å². The van der Waals surface area contributed by atoms with E-state index in [0.717, 1.165) is 71.4 Å². The fourth-order valence-electron chi connectivity index (χ4n) is 6.12. The van der Waals surface area contributed by atoms with Gasteiger partial charge < -0.3 is 20.1 Å². The van der Waals surface area contributed by atoms with Crippen LogP contribution in [0.2, 0.25) is 0 Å². The Balaban J connectivity index is 1.36. The van der Waals surface area contributed by atoms with Crippen molar-refractivity contribution in [2.75, 3.05) is 72.7 Å². The topological polar surface area (TPSA) is 61.4 Å². The average molecular weight is 422 g/mol. The van der Waals surface area contributed by atoms with Crippen molar-refractivity contribution < 1.29 is 9.47 Å². The minimum Gasteiger partial charge on any atom is -0.381 e. The van der Waals surface area contributed by atoms with Crippen LogP contribution in [0.15, 0.2) is 4.99 Å². The van der Waals surface area contributed by atoms with Gasteiger partial charge in [0.1, 0.15) is 0 Å². The molecule has 2 N–H and O–H groups in total. The van der Waals surface area contributed by atoms with Crippen molar-refractivity contribution >= 4 is 5.96 Å². The Kier molecular flexibility index (Phi) is 7.90. The van der Waals surface area contributed by atoms with E-state index in [9.17, 15) is 0 Å². The van der Waals surface area contributed by atoms with Crippen LogP contribution in [0, 0.1) is 0 Å². The highest BCUT2D eigenvalue weighted by Gasteiger charge is 2.41. The predicted molar refractivity (Wildman–Crippen MR) is 121 cm³/mol. The van der Waals surface area contributed by atoms with E-state index in [-0.39, 0.29) is 11.1 Å². The summed E-state index contributed by atoms with van der Waals surface area (Å²) in [5, 5.41) is 7.45. The number of nitrogens with one attached hydrogen (secondary N) is 2. The summed E-state index contributed by atoms with van der Waals surface area (Å²) in [4.78, 5) is 10.0. The second-order valence-corrected chi connectivity index (χ2v) is 9.69. The summed E-state index contributed by atoms with van der Waals surface area (Å²) in [6, 6.07) is 0. The van der Waals surface area contributed by atoms with Crippen molar-refractivity contribution in [1.29, 1.82) is 0 Å². The van der Waals surface area contributed by atoms with Gasteiger partial charge in [-0.25, -0.2) is 0 Å². The number of hydrogen-bond donors (Lipinski definition) is 2. The van der Waals surface area contributed by atoms with Crippen molar-refractivity contribution in [2.24, 2.45) is 4.99 Å². The molecule has 0 amide bonds. The molecule has 0 aromatic carbocycles. The molecule has 7 heteroatoms. The lowest BCUT2D eigenvalue weighted by Gasteiger charge is -2.48. The van der Waals surface area contributed by atoms with Crippen LogP contribution in [-0.2, 0) is 9.47 Å². The van der Waals surface area contributed by atoms with E-state index in [1.54, 1.807) is 0 Å². The number of aliphatic imine (C=N–C) groups is 1. The van der Waals surface area contributed by atoms with Gasteiger partial charge in [0, 0.05) is 57.5 Å². The van der Waals surface area contributed by atoms with E-state index in [1.165, 1.54) is 58.0 Å². The summed E-state index contributed by atoms with van der Waals surface area (Å²) in [6.07, 6.45) is 11.5. The van der Waals surface area contributed by atoms with E-state index < -0.39 is 0 Å². The highest BCUT2D eigenvalue weighted by atomic mass is 16.5. The molecule has 1 aliphatic carbocycles. The highest BCUT2D eigenvalue weighted by molar-refractivity contribution is 5.79. The third-order valence-corrected chi connectivity index (χ3v) is 8.06. The van der Waals surface area contributed by atoms with Gasteiger partial charge in [-0.15, -0.1) is 0 Å². The Labute approximate surface area is 182 Å². The monoisotopic (exact) mass is 421 g/mol. The second-order valence-electron chi connectivity index (χ2n) is 9.69. The van der Waals surface area contributed by atoms with Crippen molar-refractivity contribution in [3.8, 4) is 0 Å². The Morgan fingerprint density at radius 2 is 1.23 bits per heavy atom. The van der Waals surface area contributed by atoms with E-state index in [4.69, 9.17) is 9.47 Å². The molecule has 0 radical (unpaired) electrons. The fraction of sp³-hybridized carbons (Fsp3) is 0.957. The lowest BCUT2D eigenvalue weighted by atomic mass is 9.79. The molecule has 7 nitrogen and oxygen atoms in total. The molecule has 0 aromatic heterocycles. The number of likely N-dealkylation sites (tertiary alicyclic amines) is 1. The zero-order chi connectivity index (χ0) is 20.7. The van der Waals surface area contributed by atoms with Crippen LogP contribution in [0.3, 0.4) is 0 Å². The first-order chi connectivity index (χ1) is 14.8. The summed E-state index contributed by atoms with van der Waals surface area (Å²) < 4.78 is 11.3. The van der Waals surface area contributed by atoms with Gasteiger partial charge >= 0.3 is 0 Å². The maximum Gasteiger partial charge on any atom is 0.191 e. The zero-order valence-electron chi connectivity index (χ0n) is 19.1. The van der Waals surface area contributed by atoms with E-state index in [2.05, 4.69) is 25.4 Å². The Hall–Kier alpha value is -0.890. The number of hydrogen-bond acceptors (Lipinski definition) is 5. The van der Waals surface area contributed by atoms with Gasteiger partial charge in [0.05, 0.1) is 13.2 Å². The van der Waals surface area contributed by atoms with Crippen molar-refractivity contribution in [2.45, 2.75) is 68.9 Å².